The van der Waals surface area contributed by atoms with Crippen molar-refractivity contribution in [3.8, 4) is 0 Å². The second-order valence-electron chi connectivity index (χ2n) is 5.61. The van der Waals surface area contributed by atoms with E-state index in [1.54, 1.807) is 0 Å². The maximum Gasteiger partial charge on any atom is 0.0709 e. The van der Waals surface area contributed by atoms with Crippen LogP contribution in [0.1, 0.15) is 17.5 Å². The van der Waals surface area contributed by atoms with Crippen LogP contribution in [0.5, 0.6) is 0 Å². The van der Waals surface area contributed by atoms with Crippen molar-refractivity contribution in [2.75, 3.05) is 0 Å². The van der Waals surface area contributed by atoms with E-state index in [4.69, 9.17) is 11.5 Å². The third kappa shape index (κ3) is 5.31. The van der Waals surface area contributed by atoms with Gasteiger partial charge in [0.1, 0.15) is 0 Å². The van der Waals surface area contributed by atoms with E-state index in [0.29, 0.717) is 12.8 Å². The fourth-order valence-corrected chi connectivity index (χ4v) is 2.51. The number of nitrogens with two attached hydrogens (primary N) is 2. The van der Waals surface area contributed by atoms with Gasteiger partial charge in [-0.2, -0.15) is 0 Å². The molecule has 3 heteroatoms. The highest BCUT2D eigenvalue weighted by atomic mass is 16.3. The standard InChI is InChI=1S/C18H24N2O/c19-16(11-14-7-3-1-4-8-14)13-18(21)17(20)12-15-9-5-2-6-10-15/h1-10,16-18,21H,11-13,19-20H2/t16-,17?,18?/m0/s1. The minimum Gasteiger partial charge on any atom is -0.391 e. The maximum absolute atomic E-state index is 10.2. The molecule has 112 valence electrons. The van der Waals surface area contributed by atoms with E-state index >= 15 is 0 Å². The molecule has 3 atom stereocenters. The molecule has 0 aliphatic carbocycles. The summed E-state index contributed by atoms with van der Waals surface area (Å²) >= 11 is 0. The lowest BCUT2D eigenvalue weighted by Gasteiger charge is -2.22. The van der Waals surface area contributed by atoms with E-state index in [2.05, 4.69) is 12.1 Å². The Labute approximate surface area is 126 Å². The Morgan fingerprint density at radius 2 is 1.24 bits per heavy atom. The Hall–Kier alpha value is -1.68. The molecular weight excluding hydrogens is 260 g/mol. The first kappa shape index (κ1) is 15.7. The van der Waals surface area contributed by atoms with E-state index in [0.717, 1.165) is 12.0 Å². The van der Waals surface area contributed by atoms with Crippen LogP contribution in [0, 0.1) is 0 Å². The Kier molecular flexibility index (Phi) is 5.93. The van der Waals surface area contributed by atoms with Crippen molar-refractivity contribution in [1.82, 2.24) is 0 Å². The van der Waals surface area contributed by atoms with Crippen molar-refractivity contribution in [2.24, 2.45) is 11.5 Å². The molecule has 0 saturated heterocycles. The fourth-order valence-electron chi connectivity index (χ4n) is 2.51. The molecule has 21 heavy (non-hydrogen) atoms. The molecule has 2 rings (SSSR count). The monoisotopic (exact) mass is 284 g/mol. The smallest absolute Gasteiger partial charge is 0.0709 e. The Balaban J connectivity index is 1.81. The van der Waals surface area contributed by atoms with Gasteiger partial charge < -0.3 is 16.6 Å². The first-order valence-electron chi connectivity index (χ1n) is 7.42. The van der Waals surface area contributed by atoms with Crippen molar-refractivity contribution >= 4 is 0 Å². The predicted molar refractivity (Wildman–Crippen MR) is 86.9 cm³/mol. The van der Waals surface area contributed by atoms with E-state index < -0.39 is 6.10 Å². The molecule has 0 radical (unpaired) electrons. The molecule has 0 bridgehead atoms. The highest BCUT2D eigenvalue weighted by Gasteiger charge is 2.18. The summed E-state index contributed by atoms with van der Waals surface area (Å²) in [6, 6.07) is 19.7. The molecule has 0 spiro atoms. The lowest BCUT2D eigenvalue weighted by molar-refractivity contribution is 0.126. The number of hydrogen-bond acceptors (Lipinski definition) is 3. The molecule has 5 N–H and O–H groups in total. The Morgan fingerprint density at radius 3 is 1.76 bits per heavy atom. The normalized spacial score (nSPS) is 15.4. The van der Waals surface area contributed by atoms with Gasteiger partial charge in [-0.1, -0.05) is 60.7 Å². The number of benzene rings is 2. The number of hydrogen-bond donors (Lipinski definition) is 3. The molecule has 0 aromatic heterocycles. The average Bonchev–Trinajstić information content (AvgIpc) is 2.49. The second-order valence-corrected chi connectivity index (χ2v) is 5.61. The topological polar surface area (TPSA) is 72.3 Å². The average molecular weight is 284 g/mol. The molecule has 3 nitrogen and oxygen atoms in total. The summed E-state index contributed by atoms with van der Waals surface area (Å²) in [4.78, 5) is 0. The number of aliphatic hydroxyl groups is 1. The zero-order valence-electron chi connectivity index (χ0n) is 12.2. The Bertz CT molecular complexity index is 515. The van der Waals surface area contributed by atoms with Gasteiger partial charge in [0, 0.05) is 12.1 Å². The molecule has 0 amide bonds. The van der Waals surface area contributed by atoms with Gasteiger partial charge in [-0.05, 0) is 30.4 Å². The van der Waals surface area contributed by atoms with Gasteiger partial charge in [-0.3, -0.25) is 0 Å². The van der Waals surface area contributed by atoms with Crippen LogP contribution in [-0.4, -0.2) is 23.3 Å². The predicted octanol–water partition coefficient (Wildman–Crippen LogP) is 1.88. The van der Waals surface area contributed by atoms with Crippen LogP contribution in [0.25, 0.3) is 0 Å². The lowest BCUT2D eigenvalue weighted by atomic mass is 9.95. The molecule has 0 heterocycles. The summed E-state index contributed by atoms with van der Waals surface area (Å²) in [7, 11) is 0. The third-order valence-corrected chi connectivity index (χ3v) is 3.69. The third-order valence-electron chi connectivity index (χ3n) is 3.69. The quantitative estimate of drug-likeness (QED) is 0.727. The van der Waals surface area contributed by atoms with E-state index in [1.807, 2.05) is 48.5 Å². The molecule has 0 saturated carbocycles. The molecule has 0 aliphatic heterocycles. The fraction of sp³-hybridized carbons (Fsp3) is 0.333. The summed E-state index contributed by atoms with van der Waals surface area (Å²) in [6.07, 6.45) is 1.36. The lowest BCUT2D eigenvalue weighted by Crippen LogP contribution is -2.41. The minimum absolute atomic E-state index is 0.0794. The SMILES string of the molecule is NC(Cc1ccccc1)C(O)C[C@@H](N)Cc1ccccc1. The summed E-state index contributed by atoms with van der Waals surface area (Å²) in [5.41, 5.74) is 14.5. The second kappa shape index (κ2) is 7.93. The summed E-state index contributed by atoms with van der Waals surface area (Å²) in [5, 5.41) is 10.2. The van der Waals surface area contributed by atoms with Crippen LogP contribution >= 0.6 is 0 Å². The molecule has 0 fully saturated rings. The molecule has 2 aromatic rings. The van der Waals surface area contributed by atoms with Gasteiger partial charge in [0.15, 0.2) is 0 Å². The van der Waals surface area contributed by atoms with Crippen LogP contribution < -0.4 is 11.5 Å². The van der Waals surface area contributed by atoms with Gasteiger partial charge in [0.05, 0.1) is 6.10 Å². The zero-order valence-corrected chi connectivity index (χ0v) is 12.2. The number of rotatable bonds is 7. The highest BCUT2D eigenvalue weighted by Crippen LogP contribution is 2.10. The Morgan fingerprint density at radius 1 is 0.762 bits per heavy atom. The van der Waals surface area contributed by atoms with Gasteiger partial charge in [-0.15, -0.1) is 0 Å². The van der Waals surface area contributed by atoms with Crippen molar-refractivity contribution in [3.05, 3.63) is 71.8 Å². The molecule has 2 aromatic carbocycles. The van der Waals surface area contributed by atoms with Crippen molar-refractivity contribution in [2.45, 2.75) is 37.5 Å². The van der Waals surface area contributed by atoms with Crippen molar-refractivity contribution < 1.29 is 5.11 Å². The van der Waals surface area contributed by atoms with Gasteiger partial charge in [0.25, 0.3) is 0 Å². The molecule has 2 unspecified atom stereocenters. The summed E-state index contributed by atoms with van der Waals surface area (Å²) in [5.74, 6) is 0. The summed E-state index contributed by atoms with van der Waals surface area (Å²) < 4.78 is 0. The molecular formula is C18H24N2O. The maximum atomic E-state index is 10.2. The van der Waals surface area contributed by atoms with E-state index in [-0.39, 0.29) is 12.1 Å². The van der Waals surface area contributed by atoms with Crippen molar-refractivity contribution in [1.29, 1.82) is 0 Å². The highest BCUT2D eigenvalue weighted by molar-refractivity contribution is 5.17. The minimum atomic E-state index is -0.580. The van der Waals surface area contributed by atoms with Crippen LogP contribution in [0.2, 0.25) is 0 Å². The van der Waals surface area contributed by atoms with E-state index in [1.165, 1.54) is 5.56 Å². The van der Waals surface area contributed by atoms with Gasteiger partial charge >= 0.3 is 0 Å². The number of aliphatic hydroxyl groups excluding tert-OH is 1. The van der Waals surface area contributed by atoms with Crippen molar-refractivity contribution in [3.63, 3.8) is 0 Å². The van der Waals surface area contributed by atoms with Gasteiger partial charge in [-0.25, -0.2) is 0 Å². The van der Waals surface area contributed by atoms with Crippen LogP contribution in [0.15, 0.2) is 60.7 Å². The van der Waals surface area contributed by atoms with E-state index in [9.17, 15) is 5.11 Å². The first-order chi connectivity index (χ1) is 10.1. The van der Waals surface area contributed by atoms with Crippen LogP contribution in [-0.2, 0) is 12.8 Å². The molecule has 0 aliphatic rings. The zero-order chi connectivity index (χ0) is 15.1. The van der Waals surface area contributed by atoms with Gasteiger partial charge in [0.2, 0.25) is 0 Å². The largest absolute Gasteiger partial charge is 0.391 e. The summed E-state index contributed by atoms with van der Waals surface area (Å²) in [6.45, 7) is 0. The first-order valence-corrected chi connectivity index (χ1v) is 7.42. The van der Waals surface area contributed by atoms with Crippen LogP contribution in [0.4, 0.5) is 0 Å². The van der Waals surface area contributed by atoms with Crippen LogP contribution in [0.3, 0.4) is 0 Å².